The van der Waals surface area contributed by atoms with Crippen LogP contribution in [0.2, 0.25) is 0 Å². The van der Waals surface area contributed by atoms with Crippen LogP contribution in [0.4, 0.5) is 0 Å². The summed E-state index contributed by atoms with van der Waals surface area (Å²) in [6, 6.07) is 0. The van der Waals surface area contributed by atoms with Gasteiger partial charge in [-0.25, -0.2) is 4.79 Å². The molecule has 2 nitrogen and oxygen atoms in total. The maximum atomic E-state index is 12.3. The van der Waals surface area contributed by atoms with E-state index in [0.717, 1.165) is 6.42 Å². The monoisotopic (exact) mass is 476 g/mol. The van der Waals surface area contributed by atoms with Crippen LogP contribution in [0.1, 0.15) is 130 Å². The molecule has 0 aliphatic heterocycles. The van der Waals surface area contributed by atoms with Crippen LogP contribution in [0.15, 0.2) is 12.7 Å². The van der Waals surface area contributed by atoms with E-state index in [-0.39, 0.29) is 24.2 Å². The van der Waals surface area contributed by atoms with Crippen molar-refractivity contribution >= 4 is 13.2 Å². The predicted molar refractivity (Wildman–Crippen MR) is 138 cm³/mol. The van der Waals surface area contributed by atoms with Gasteiger partial charge in [0.25, 0.3) is 0 Å². The van der Waals surface area contributed by atoms with Gasteiger partial charge < -0.3 is 17.1 Å². The number of carbonyl (C=O) groups is 1. The van der Waals surface area contributed by atoms with Gasteiger partial charge in [0, 0.05) is 12.5 Å². The first-order chi connectivity index (χ1) is 14.6. The van der Waals surface area contributed by atoms with Crippen molar-refractivity contribution in [2.24, 2.45) is 0 Å². The Balaban J connectivity index is 0. The van der Waals surface area contributed by atoms with Gasteiger partial charge in [-0.2, -0.15) is 0 Å². The quantitative estimate of drug-likeness (QED) is 0.0783. The van der Waals surface area contributed by atoms with Crippen molar-refractivity contribution in [3.63, 3.8) is 0 Å². The molecule has 1 atom stereocenters. The van der Waals surface area contributed by atoms with Crippen molar-refractivity contribution in [3.8, 4) is 0 Å². The Morgan fingerprint density at radius 3 is 1.45 bits per heavy atom. The minimum absolute atomic E-state index is 0. The van der Waals surface area contributed by atoms with Gasteiger partial charge in [0.05, 0.1) is 25.7 Å². The van der Waals surface area contributed by atoms with Crippen LogP contribution < -0.4 is 12.4 Å². The van der Waals surface area contributed by atoms with Crippen molar-refractivity contribution < 1.29 is 21.9 Å². The van der Waals surface area contributed by atoms with E-state index >= 15 is 0 Å². The summed E-state index contributed by atoms with van der Waals surface area (Å²) >= 11 is 0. The zero-order valence-corrected chi connectivity index (χ0v) is 23.1. The third-order valence-corrected chi connectivity index (χ3v) is 11.7. The lowest BCUT2D eigenvalue weighted by atomic mass is 10.2. The van der Waals surface area contributed by atoms with Crippen LogP contribution in [0.5, 0.6) is 0 Å². The molecule has 0 bridgehead atoms. The summed E-state index contributed by atoms with van der Waals surface area (Å²) in [7, 11) is -1.32. The highest BCUT2D eigenvalue weighted by Gasteiger charge is 2.46. The smallest absolute Gasteiger partial charge is 0.333 e. The molecule has 0 aliphatic rings. The maximum Gasteiger partial charge on any atom is 0.333 e. The lowest BCUT2D eigenvalue weighted by Crippen LogP contribution is -3.00. The van der Waals surface area contributed by atoms with Crippen LogP contribution in [0.25, 0.3) is 0 Å². The molecule has 0 heterocycles. The molecule has 0 aromatic carbocycles. The van der Waals surface area contributed by atoms with Crippen molar-refractivity contribution in [3.05, 3.63) is 12.7 Å². The van der Waals surface area contributed by atoms with Crippen LogP contribution in [-0.2, 0) is 9.53 Å². The molecule has 0 rings (SSSR count). The summed E-state index contributed by atoms with van der Waals surface area (Å²) in [5.74, 6) is -0.0315. The number of halogens is 1. The van der Waals surface area contributed by atoms with E-state index in [1.807, 2.05) is 0 Å². The van der Waals surface area contributed by atoms with Crippen molar-refractivity contribution in [2.75, 3.05) is 18.5 Å². The van der Waals surface area contributed by atoms with E-state index in [9.17, 15) is 4.79 Å². The molecule has 0 aliphatic carbocycles. The number of carbonyl (C=O) groups excluding carboxylic acids is 1. The first kappa shape index (κ1) is 33.1. The zero-order chi connectivity index (χ0) is 22.5. The topological polar surface area (TPSA) is 26.3 Å². The second-order valence-electron chi connectivity index (χ2n) is 9.16. The number of rotatable bonds is 22. The van der Waals surface area contributed by atoms with Crippen molar-refractivity contribution in [1.29, 1.82) is 0 Å². The molecule has 0 radical (unpaired) electrons. The van der Waals surface area contributed by atoms with Gasteiger partial charge in [-0.05, 0) is 44.9 Å². The first-order valence-corrected chi connectivity index (χ1v) is 15.7. The Bertz CT molecular complexity index is 383. The normalized spacial score (nSPS) is 12.3. The highest BCUT2D eigenvalue weighted by atomic mass is 35.5. The second kappa shape index (κ2) is 23.1. The summed E-state index contributed by atoms with van der Waals surface area (Å²) in [5, 5.41) is 0. The molecule has 0 aromatic heterocycles. The summed E-state index contributed by atoms with van der Waals surface area (Å²) < 4.78 is 6.18. The van der Waals surface area contributed by atoms with Gasteiger partial charge in [-0.15, -0.1) is 0 Å². The fourth-order valence-corrected chi connectivity index (χ4v) is 9.68. The largest absolute Gasteiger partial charge is 1.00 e. The van der Waals surface area contributed by atoms with E-state index < -0.39 is 7.26 Å². The minimum atomic E-state index is -1.32. The number of unbranched alkanes of at least 4 members (excludes halogenated alkanes) is 11. The molecule has 1 unspecified atom stereocenters. The number of hydrogen-bond donors (Lipinski definition) is 0. The third-order valence-electron chi connectivity index (χ3n) is 6.46. The van der Waals surface area contributed by atoms with Crippen molar-refractivity contribution in [1.82, 2.24) is 0 Å². The second-order valence-corrected chi connectivity index (χ2v) is 13.5. The van der Waals surface area contributed by atoms with Gasteiger partial charge in [-0.1, -0.05) is 85.6 Å². The highest BCUT2D eigenvalue weighted by Crippen LogP contribution is 2.66. The Kier molecular flexibility index (Phi) is 24.7. The Morgan fingerprint density at radius 1 is 0.710 bits per heavy atom. The van der Waals surface area contributed by atoms with Gasteiger partial charge in [0.2, 0.25) is 5.85 Å². The molecule has 0 saturated heterocycles. The molecule has 0 saturated carbocycles. The Labute approximate surface area is 202 Å². The third kappa shape index (κ3) is 16.2. The van der Waals surface area contributed by atoms with E-state index in [0.29, 0.717) is 0 Å². The van der Waals surface area contributed by atoms with Gasteiger partial charge in [0.1, 0.15) is 0 Å². The fourth-order valence-electron chi connectivity index (χ4n) is 4.52. The standard InChI is InChI=1S/C27H54O2P.ClH/c1-6-11-15-19-23-30(24-20-16-12-7-2,25-21-17-13-8-3)27(22-18-14-9-4)29-26(28)10-5;/h10,27H,5-9,11-25H2,1-4H3;1H/q+1;/p-1. The average molecular weight is 477 g/mol. The maximum absolute atomic E-state index is 12.3. The Hall–Kier alpha value is -0.0700. The molecule has 0 N–H and O–H groups in total. The van der Waals surface area contributed by atoms with Gasteiger partial charge >= 0.3 is 5.97 Å². The minimum Gasteiger partial charge on any atom is -1.00 e. The molecular weight excluding hydrogens is 423 g/mol. The lowest BCUT2D eigenvalue weighted by molar-refractivity contribution is -0.139. The predicted octanol–water partition coefficient (Wildman–Crippen LogP) is 6.38. The summed E-state index contributed by atoms with van der Waals surface area (Å²) in [6.07, 6.45) is 25.9. The fraction of sp³-hybridized carbons (Fsp3) is 0.889. The van der Waals surface area contributed by atoms with E-state index in [1.165, 1.54) is 121 Å². The lowest BCUT2D eigenvalue weighted by Gasteiger charge is -2.35. The van der Waals surface area contributed by atoms with E-state index in [4.69, 9.17) is 4.74 Å². The van der Waals surface area contributed by atoms with Crippen LogP contribution >= 0.6 is 7.26 Å². The number of hydrogen-bond acceptors (Lipinski definition) is 2. The number of ether oxygens (including phenoxy) is 1. The van der Waals surface area contributed by atoms with Gasteiger partial charge in [0.15, 0.2) is 0 Å². The highest BCUT2D eigenvalue weighted by molar-refractivity contribution is 7.76. The molecule has 4 heteroatoms. The first-order valence-electron chi connectivity index (χ1n) is 13.3. The van der Waals surface area contributed by atoms with Crippen LogP contribution in [0, 0.1) is 0 Å². The summed E-state index contributed by atoms with van der Waals surface area (Å²) in [5.41, 5.74) is 0. The molecule has 0 spiro atoms. The molecule has 0 aromatic rings. The van der Waals surface area contributed by atoms with Gasteiger partial charge in [-0.3, -0.25) is 0 Å². The van der Waals surface area contributed by atoms with Crippen LogP contribution in [0.3, 0.4) is 0 Å². The zero-order valence-electron chi connectivity index (χ0n) is 21.4. The molecule has 186 valence electrons. The molecule has 0 fully saturated rings. The van der Waals surface area contributed by atoms with E-state index in [1.54, 1.807) is 0 Å². The van der Waals surface area contributed by atoms with Crippen molar-refractivity contribution in [2.45, 2.75) is 136 Å². The molecule has 0 amide bonds. The number of esters is 1. The molecule has 31 heavy (non-hydrogen) atoms. The average Bonchev–Trinajstić information content (AvgIpc) is 2.76. The SMILES string of the molecule is C=CC(=O)OC(CCCCC)[P+](CCCCCC)(CCCCCC)CCCCCC.[Cl-]. The van der Waals surface area contributed by atoms with E-state index in [2.05, 4.69) is 34.3 Å². The summed E-state index contributed by atoms with van der Waals surface area (Å²) in [6.45, 7) is 12.8. The summed E-state index contributed by atoms with van der Waals surface area (Å²) in [4.78, 5) is 12.3. The molecular formula is C27H54ClO2P. The van der Waals surface area contributed by atoms with Crippen LogP contribution in [-0.4, -0.2) is 30.3 Å². The Morgan fingerprint density at radius 2 is 1.10 bits per heavy atom.